The number of hydrogen-bond donors (Lipinski definition) is 4. The Morgan fingerprint density at radius 3 is 2.67 bits per heavy atom. The van der Waals surface area contributed by atoms with Crippen LogP contribution in [0, 0.1) is 5.92 Å². The van der Waals surface area contributed by atoms with Crippen LogP contribution in [0.15, 0.2) is 36.3 Å². The highest BCUT2D eigenvalue weighted by Crippen LogP contribution is 2.06. The molecule has 86 valence electrons. The third-order valence-electron chi connectivity index (χ3n) is 1.88. The highest BCUT2D eigenvalue weighted by molar-refractivity contribution is 5.19. The smallest absolute Gasteiger partial charge is 0.0954 e. The first kappa shape index (κ1) is 13.6. The number of aliphatic hydroxyl groups excluding tert-OH is 1. The number of allylic oxidation sites excluding steroid dienone is 3. The van der Waals surface area contributed by atoms with E-state index in [1.165, 1.54) is 0 Å². The molecular weight excluding hydrogens is 190 g/mol. The van der Waals surface area contributed by atoms with E-state index < -0.39 is 0 Å². The molecule has 0 amide bonds. The fraction of sp³-hybridized carbons (Fsp3) is 0.455. The van der Waals surface area contributed by atoms with Crippen LogP contribution in [-0.4, -0.2) is 18.3 Å². The monoisotopic (exact) mass is 211 g/mol. The van der Waals surface area contributed by atoms with Crippen molar-refractivity contribution in [2.45, 2.75) is 13.3 Å². The largest absolute Gasteiger partial charge is 0.395 e. The van der Waals surface area contributed by atoms with Gasteiger partial charge in [0.05, 0.1) is 12.4 Å². The Morgan fingerprint density at radius 2 is 2.20 bits per heavy atom. The standard InChI is InChI=1S/C11H21N3O/c1-3-9(2)4-5-10(8-11(12)13)14-6-7-15/h3,5,8-9,14-15H,1,4,6-7,12-13H2,2H3/b10-5-. The third kappa shape index (κ3) is 7.64. The Bertz CT molecular complexity index is 242. The summed E-state index contributed by atoms with van der Waals surface area (Å²) in [5.74, 6) is 0.654. The van der Waals surface area contributed by atoms with Crippen molar-refractivity contribution in [1.29, 1.82) is 0 Å². The molecule has 0 aliphatic heterocycles. The van der Waals surface area contributed by atoms with Crippen LogP contribution in [0.2, 0.25) is 0 Å². The summed E-state index contributed by atoms with van der Waals surface area (Å²) >= 11 is 0. The lowest BCUT2D eigenvalue weighted by atomic mass is 10.1. The van der Waals surface area contributed by atoms with Gasteiger partial charge in [0.15, 0.2) is 0 Å². The minimum Gasteiger partial charge on any atom is -0.395 e. The van der Waals surface area contributed by atoms with Gasteiger partial charge in [-0.1, -0.05) is 19.1 Å². The zero-order chi connectivity index (χ0) is 11.7. The van der Waals surface area contributed by atoms with Crippen molar-refractivity contribution >= 4 is 0 Å². The molecule has 1 unspecified atom stereocenters. The molecule has 0 aromatic carbocycles. The molecule has 0 radical (unpaired) electrons. The molecule has 4 nitrogen and oxygen atoms in total. The van der Waals surface area contributed by atoms with Gasteiger partial charge in [0.25, 0.3) is 0 Å². The van der Waals surface area contributed by atoms with Crippen molar-refractivity contribution in [2.24, 2.45) is 17.4 Å². The molecule has 0 spiro atoms. The summed E-state index contributed by atoms with van der Waals surface area (Å²) in [6, 6.07) is 0. The molecule has 6 N–H and O–H groups in total. The van der Waals surface area contributed by atoms with E-state index in [-0.39, 0.29) is 12.4 Å². The number of hydrogen-bond acceptors (Lipinski definition) is 4. The van der Waals surface area contributed by atoms with E-state index >= 15 is 0 Å². The molecule has 4 heteroatoms. The fourth-order valence-electron chi connectivity index (χ4n) is 0.971. The molecular formula is C11H21N3O. The van der Waals surface area contributed by atoms with Crippen LogP contribution in [0.3, 0.4) is 0 Å². The van der Waals surface area contributed by atoms with Gasteiger partial charge in [-0.05, 0) is 12.3 Å². The Hall–Kier alpha value is -1.42. The molecule has 0 fully saturated rings. The molecule has 0 aliphatic rings. The lowest BCUT2D eigenvalue weighted by Gasteiger charge is -2.07. The Kier molecular flexibility index (Phi) is 7.18. The zero-order valence-corrected chi connectivity index (χ0v) is 9.24. The van der Waals surface area contributed by atoms with Crippen LogP contribution in [0.25, 0.3) is 0 Å². The van der Waals surface area contributed by atoms with Crippen LogP contribution >= 0.6 is 0 Å². The average Bonchev–Trinajstić information content (AvgIpc) is 2.20. The maximum Gasteiger partial charge on any atom is 0.0954 e. The van der Waals surface area contributed by atoms with Crippen molar-refractivity contribution < 1.29 is 5.11 Å². The molecule has 0 aliphatic carbocycles. The van der Waals surface area contributed by atoms with Gasteiger partial charge in [-0.15, -0.1) is 6.58 Å². The summed E-state index contributed by atoms with van der Waals surface area (Å²) in [6.07, 6.45) is 6.38. The molecule has 1 atom stereocenters. The molecule has 0 rings (SSSR count). The van der Waals surface area contributed by atoms with Crippen molar-refractivity contribution in [2.75, 3.05) is 13.2 Å². The van der Waals surface area contributed by atoms with E-state index in [9.17, 15) is 0 Å². The van der Waals surface area contributed by atoms with Gasteiger partial charge in [-0.25, -0.2) is 0 Å². The number of nitrogens with one attached hydrogen (secondary N) is 1. The summed E-state index contributed by atoms with van der Waals surface area (Å²) in [4.78, 5) is 0. The minimum absolute atomic E-state index is 0.0761. The van der Waals surface area contributed by atoms with E-state index in [1.807, 2.05) is 12.2 Å². The molecule has 15 heavy (non-hydrogen) atoms. The number of nitrogens with two attached hydrogens (primary N) is 2. The number of aliphatic hydroxyl groups is 1. The number of rotatable bonds is 7. The van der Waals surface area contributed by atoms with Gasteiger partial charge in [-0.2, -0.15) is 0 Å². The van der Waals surface area contributed by atoms with Crippen molar-refractivity contribution in [1.82, 2.24) is 5.32 Å². The van der Waals surface area contributed by atoms with Gasteiger partial charge in [-0.3, -0.25) is 0 Å². The highest BCUT2D eigenvalue weighted by atomic mass is 16.3. The first-order chi connectivity index (χ1) is 7.10. The van der Waals surface area contributed by atoms with E-state index in [0.717, 1.165) is 12.1 Å². The maximum absolute atomic E-state index is 8.68. The second-order valence-electron chi connectivity index (χ2n) is 3.40. The van der Waals surface area contributed by atoms with Gasteiger partial charge in [0.2, 0.25) is 0 Å². The van der Waals surface area contributed by atoms with E-state index in [1.54, 1.807) is 6.08 Å². The van der Waals surface area contributed by atoms with Gasteiger partial charge in [0, 0.05) is 18.3 Å². The van der Waals surface area contributed by atoms with Gasteiger partial charge >= 0.3 is 0 Å². The maximum atomic E-state index is 8.68. The quantitative estimate of drug-likeness (QED) is 0.363. The van der Waals surface area contributed by atoms with Crippen LogP contribution in [0.5, 0.6) is 0 Å². The van der Waals surface area contributed by atoms with Crippen molar-refractivity contribution in [3.63, 3.8) is 0 Å². The Balaban J connectivity index is 4.33. The fourth-order valence-corrected chi connectivity index (χ4v) is 0.971. The van der Waals surface area contributed by atoms with E-state index in [0.29, 0.717) is 12.5 Å². The predicted molar refractivity (Wildman–Crippen MR) is 63.6 cm³/mol. The SMILES string of the molecule is C=CC(C)C/C=C(/C=C(N)N)NCCO. The lowest BCUT2D eigenvalue weighted by molar-refractivity contribution is 0.297. The van der Waals surface area contributed by atoms with Crippen LogP contribution < -0.4 is 16.8 Å². The Labute approximate surface area is 91.3 Å². The van der Waals surface area contributed by atoms with E-state index in [4.69, 9.17) is 16.6 Å². The van der Waals surface area contributed by atoms with Crippen LogP contribution in [0.4, 0.5) is 0 Å². The van der Waals surface area contributed by atoms with Crippen LogP contribution in [0.1, 0.15) is 13.3 Å². The predicted octanol–water partition coefficient (Wildman–Crippen LogP) is 0.423. The topological polar surface area (TPSA) is 84.3 Å². The Morgan fingerprint density at radius 1 is 1.53 bits per heavy atom. The molecule has 0 saturated carbocycles. The zero-order valence-electron chi connectivity index (χ0n) is 9.24. The second-order valence-corrected chi connectivity index (χ2v) is 3.40. The van der Waals surface area contributed by atoms with Crippen molar-refractivity contribution in [3.05, 3.63) is 36.3 Å². The first-order valence-corrected chi connectivity index (χ1v) is 5.00. The van der Waals surface area contributed by atoms with Gasteiger partial charge in [0.1, 0.15) is 0 Å². The molecule has 0 saturated heterocycles. The highest BCUT2D eigenvalue weighted by Gasteiger charge is 1.96. The molecule has 0 bridgehead atoms. The molecule has 0 heterocycles. The van der Waals surface area contributed by atoms with Crippen LogP contribution in [-0.2, 0) is 0 Å². The minimum atomic E-state index is 0.0761. The normalized spacial score (nSPS) is 13.1. The molecule has 0 aromatic heterocycles. The summed E-state index contributed by atoms with van der Waals surface area (Å²) in [5, 5.41) is 11.7. The average molecular weight is 211 g/mol. The van der Waals surface area contributed by atoms with Crippen molar-refractivity contribution in [3.8, 4) is 0 Å². The third-order valence-corrected chi connectivity index (χ3v) is 1.88. The van der Waals surface area contributed by atoms with E-state index in [2.05, 4.69) is 18.8 Å². The summed E-state index contributed by atoms with van der Waals surface area (Å²) < 4.78 is 0. The second kappa shape index (κ2) is 7.94. The first-order valence-electron chi connectivity index (χ1n) is 5.00. The van der Waals surface area contributed by atoms with Gasteiger partial charge < -0.3 is 21.9 Å². The summed E-state index contributed by atoms with van der Waals surface area (Å²) in [7, 11) is 0. The molecule has 0 aromatic rings. The summed E-state index contributed by atoms with van der Waals surface area (Å²) in [5.41, 5.74) is 11.6. The summed E-state index contributed by atoms with van der Waals surface area (Å²) in [6.45, 7) is 6.34. The lowest BCUT2D eigenvalue weighted by Crippen LogP contribution is -2.19.